The van der Waals surface area contributed by atoms with Crippen LogP contribution >= 0.6 is 0 Å². The first kappa shape index (κ1) is 9.79. The van der Waals surface area contributed by atoms with E-state index in [0.717, 1.165) is 6.42 Å². The Bertz CT molecular complexity index is 171. The van der Waals surface area contributed by atoms with E-state index in [1.807, 2.05) is 6.92 Å². The quantitative estimate of drug-likeness (QED) is 0.172. The number of nitrogens with two attached hydrogens (primary N) is 1. The zero-order valence-electron chi connectivity index (χ0n) is 6.54. The monoisotopic (exact) mass is 155 g/mol. The summed E-state index contributed by atoms with van der Waals surface area (Å²) in [4.78, 5) is 0. The topological polar surface area (TPSA) is 70.6 Å². The van der Waals surface area contributed by atoms with Gasteiger partial charge in [-0.1, -0.05) is 18.0 Å². The molecule has 4 heteroatoms. The van der Waals surface area contributed by atoms with Gasteiger partial charge in [-0.05, 0) is 6.42 Å². The summed E-state index contributed by atoms with van der Waals surface area (Å²) in [6, 6.07) is -0.129. The molecule has 1 unspecified atom stereocenters. The van der Waals surface area contributed by atoms with Gasteiger partial charge in [0.1, 0.15) is 0 Å². The number of amidine groups is 1. The lowest BCUT2D eigenvalue weighted by Crippen LogP contribution is -2.41. The molecule has 0 aliphatic carbocycles. The SMILES string of the molecule is C#CCNC(CC)C(N)=NO. The van der Waals surface area contributed by atoms with Gasteiger partial charge in [-0.15, -0.1) is 6.42 Å². The van der Waals surface area contributed by atoms with Gasteiger partial charge in [0, 0.05) is 0 Å². The normalized spacial score (nSPS) is 14.0. The molecule has 1 atom stereocenters. The predicted octanol–water partition coefficient (Wildman–Crippen LogP) is -0.266. The molecule has 0 heterocycles. The summed E-state index contributed by atoms with van der Waals surface area (Å²) < 4.78 is 0. The van der Waals surface area contributed by atoms with Crippen LogP contribution in [0.25, 0.3) is 0 Å². The van der Waals surface area contributed by atoms with Crippen LogP contribution in [-0.4, -0.2) is 23.6 Å². The Morgan fingerprint density at radius 1 is 1.91 bits per heavy atom. The van der Waals surface area contributed by atoms with Crippen molar-refractivity contribution in [3.05, 3.63) is 0 Å². The Balaban J connectivity index is 3.87. The third-order valence-electron chi connectivity index (χ3n) is 1.33. The van der Waals surface area contributed by atoms with E-state index in [2.05, 4.69) is 16.4 Å². The highest BCUT2D eigenvalue weighted by molar-refractivity contribution is 5.85. The van der Waals surface area contributed by atoms with Gasteiger partial charge < -0.3 is 10.9 Å². The van der Waals surface area contributed by atoms with Crippen LogP contribution in [0.1, 0.15) is 13.3 Å². The maximum absolute atomic E-state index is 8.31. The summed E-state index contributed by atoms with van der Waals surface area (Å²) >= 11 is 0. The van der Waals surface area contributed by atoms with Crippen LogP contribution in [-0.2, 0) is 0 Å². The molecule has 0 bridgehead atoms. The smallest absolute Gasteiger partial charge is 0.156 e. The van der Waals surface area contributed by atoms with E-state index in [0.29, 0.717) is 6.54 Å². The maximum atomic E-state index is 8.31. The van der Waals surface area contributed by atoms with Crippen molar-refractivity contribution >= 4 is 5.84 Å². The number of oxime groups is 1. The van der Waals surface area contributed by atoms with Crippen molar-refractivity contribution in [1.29, 1.82) is 0 Å². The number of nitrogens with zero attached hydrogens (tertiary/aromatic N) is 1. The first-order valence-corrected chi connectivity index (χ1v) is 3.40. The van der Waals surface area contributed by atoms with Gasteiger partial charge >= 0.3 is 0 Å². The second-order valence-electron chi connectivity index (χ2n) is 2.07. The molecule has 0 aliphatic rings. The minimum absolute atomic E-state index is 0.129. The van der Waals surface area contributed by atoms with Crippen LogP contribution in [0.5, 0.6) is 0 Å². The second-order valence-corrected chi connectivity index (χ2v) is 2.07. The Morgan fingerprint density at radius 2 is 2.55 bits per heavy atom. The highest BCUT2D eigenvalue weighted by Gasteiger charge is 2.08. The van der Waals surface area contributed by atoms with Crippen molar-refractivity contribution < 1.29 is 5.21 Å². The molecule has 4 nitrogen and oxygen atoms in total. The summed E-state index contributed by atoms with van der Waals surface area (Å²) in [6.07, 6.45) is 5.77. The van der Waals surface area contributed by atoms with E-state index in [1.54, 1.807) is 0 Å². The first-order valence-electron chi connectivity index (χ1n) is 3.40. The number of hydrogen-bond acceptors (Lipinski definition) is 3. The van der Waals surface area contributed by atoms with Gasteiger partial charge in [-0.3, -0.25) is 5.32 Å². The van der Waals surface area contributed by atoms with Crippen LogP contribution in [0.2, 0.25) is 0 Å². The van der Waals surface area contributed by atoms with Crippen LogP contribution in [0.4, 0.5) is 0 Å². The standard InChI is InChI=1S/C7H13N3O/c1-3-5-9-6(4-2)7(8)10-11/h1,6,9,11H,4-5H2,2H3,(H2,8,10). The van der Waals surface area contributed by atoms with Crippen LogP contribution in [0.15, 0.2) is 5.16 Å². The average Bonchev–Trinajstić information content (AvgIpc) is 2.05. The molecule has 0 aliphatic heterocycles. The van der Waals surface area contributed by atoms with Gasteiger partial charge in [-0.2, -0.15) is 0 Å². The first-order chi connectivity index (χ1) is 5.26. The third kappa shape index (κ3) is 3.48. The number of rotatable bonds is 4. The Labute approximate surface area is 66.5 Å². The summed E-state index contributed by atoms with van der Waals surface area (Å²) in [7, 11) is 0. The molecule has 0 radical (unpaired) electrons. The summed E-state index contributed by atoms with van der Waals surface area (Å²) in [5, 5.41) is 14.1. The average molecular weight is 155 g/mol. The van der Waals surface area contributed by atoms with Crippen molar-refractivity contribution in [3.63, 3.8) is 0 Å². The van der Waals surface area contributed by atoms with Gasteiger partial charge in [0.2, 0.25) is 0 Å². The number of terminal acetylenes is 1. The zero-order valence-corrected chi connectivity index (χ0v) is 6.54. The zero-order chi connectivity index (χ0) is 8.69. The molecule has 62 valence electrons. The fourth-order valence-corrected chi connectivity index (χ4v) is 0.710. The van der Waals surface area contributed by atoms with Gasteiger partial charge in [-0.25, -0.2) is 0 Å². The molecule has 0 aromatic rings. The lowest BCUT2D eigenvalue weighted by Gasteiger charge is -2.12. The molecule has 4 N–H and O–H groups in total. The molecule has 0 spiro atoms. The number of hydrogen-bond donors (Lipinski definition) is 3. The van der Waals surface area contributed by atoms with Crippen LogP contribution < -0.4 is 11.1 Å². The molecule has 0 fully saturated rings. The largest absolute Gasteiger partial charge is 0.409 e. The second kappa shape index (κ2) is 5.57. The summed E-state index contributed by atoms with van der Waals surface area (Å²) in [5.74, 6) is 2.58. The van der Waals surface area contributed by atoms with Crippen molar-refractivity contribution in [1.82, 2.24) is 5.32 Å². The molecule has 0 saturated heterocycles. The molecular weight excluding hydrogens is 142 g/mol. The van der Waals surface area contributed by atoms with Crippen molar-refractivity contribution in [3.8, 4) is 12.3 Å². The Hall–Kier alpha value is -1.21. The van der Waals surface area contributed by atoms with E-state index in [1.165, 1.54) is 0 Å². The number of nitrogens with one attached hydrogen (secondary N) is 1. The van der Waals surface area contributed by atoms with E-state index in [-0.39, 0.29) is 11.9 Å². The lowest BCUT2D eigenvalue weighted by molar-refractivity contribution is 0.314. The van der Waals surface area contributed by atoms with E-state index in [4.69, 9.17) is 17.4 Å². The van der Waals surface area contributed by atoms with Crippen molar-refractivity contribution in [2.45, 2.75) is 19.4 Å². The van der Waals surface area contributed by atoms with Gasteiger partial charge in [0.05, 0.1) is 12.6 Å². The third-order valence-corrected chi connectivity index (χ3v) is 1.33. The molecule has 0 amide bonds. The highest BCUT2D eigenvalue weighted by atomic mass is 16.4. The van der Waals surface area contributed by atoms with E-state index < -0.39 is 0 Å². The summed E-state index contributed by atoms with van der Waals surface area (Å²) in [6.45, 7) is 2.35. The molecule has 0 saturated carbocycles. The highest BCUT2D eigenvalue weighted by Crippen LogP contribution is 1.89. The van der Waals surface area contributed by atoms with Gasteiger partial charge in [0.25, 0.3) is 0 Å². The van der Waals surface area contributed by atoms with E-state index >= 15 is 0 Å². The van der Waals surface area contributed by atoms with Crippen molar-refractivity contribution in [2.24, 2.45) is 10.9 Å². The molecule has 0 rings (SSSR count). The fraction of sp³-hybridized carbons (Fsp3) is 0.571. The molecule has 0 aromatic heterocycles. The molecule has 0 aromatic carbocycles. The molecular formula is C7H13N3O. The van der Waals surface area contributed by atoms with Crippen LogP contribution in [0.3, 0.4) is 0 Å². The van der Waals surface area contributed by atoms with E-state index in [9.17, 15) is 0 Å². The minimum Gasteiger partial charge on any atom is -0.409 e. The predicted molar refractivity (Wildman–Crippen MR) is 44.3 cm³/mol. The Morgan fingerprint density at radius 3 is 2.91 bits per heavy atom. The minimum atomic E-state index is -0.129. The van der Waals surface area contributed by atoms with Gasteiger partial charge in [0.15, 0.2) is 5.84 Å². The maximum Gasteiger partial charge on any atom is 0.156 e. The fourth-order valence-electron chi connectivity index (χ4n) is 0.710. The van der Waals surface area contributed by atoms with Crippen molar-refractivity contribution in [2.75, 3.05) is 6.54 Å². The lowest BCUT2D eigenvalue weighted by atomic mass is 10.2. The molecule has 11 heavy (non-hydrogen) atoms. The Kier molecular flexibility index (Phi) is 4.95. The van der Waals surface area contributed by atoms with Crippen LogP contribution in [0, 0.1) is 12.3 Å². The summed E-state index contributed by atoms with van der Waals surface area (Å²) in [5.41, 5.74) is 5.34.